The van der Waals surface area contributed by atoms with Crippen LogP contribution in [0, 0.1) is 11.8 Å². The molecule has 0 aromatic carbocycles. The predicted octanol–water partition coefficient (Wildman–Crippen LogP) is 6.83. The van der Waals surface area contributed by atoms with E-state index in [-0.39, 0.29) is 18.0 Å². The molecule has 0 saturated heterocycles. The maximum atomic E-state index is 13.7. The number of hydrogen-bond acceptors (Lipinski definition) is 6. The summed E-state index contributed by atoms with van der Waals surface area (Å²) in [6.07, 6.45) is 16.2. The molecular formula is C35H64N4O3. The Balaban J connectivity index is -0.00000237. The highest BCUT2D eigenvalue weighted by atomic mass is 16.1. The number of nitrogens with zero attached hydrogens (tertiary/aromatic N) is 2. The summed E-state index contributed by atoms with van der Waals surface area (Å²) < 4.78 is 0. The normalized spacial score (nSPS) is 17.7. The summed E-state index contributed by atoms with van der Waals surface area (Å²) in [6, 6.07) is -0.249. The lowest BCUT2D eigenvalue weighted by molar-refractivity contribution is -0.118. The summed E-state index contributed by atoms with van der Waals surface area (Å²) >= 11 is 0. The second kappa shape index (κ2) is 26.9. The highest BCUT2D eigenvalue weighted by Crippen LogP contribution is 2.38. The van der Waals surface area contributed by atoms with Crippen LogP contribution in [-0.2, 0) is 14.4 Å². The lowest BCUT2D eigenvalue weighted by Crippen LogP contribution is -2.48. The molecule has 1 aliphatic carbocycles. The van der Waals surface area contributed by atoms with Crippen LogP contribution >= 0.6 is 0 Å². The van der Waals surface area contributed by atoms with Crippen LogP contribution in [0.1, 0.15) is 93.9 Å². The molecule has 0 bridgehead atoms. The second-order valence-corrected chi connectivity index (χ2v) is 10.6. The first-order valence-corrected chi connectivity index (χ1v) is 15.5. The molecular weight excluding hydrogens is 524 g/mol. The Morgan fingerprint density at radius 3 is 2.07 bits per heavy atom. The van der Waals surface area contributed by atoms with Crippen molar-refractivity contribution in [1.29, 1.82) is 0 Å². The van der Waals surface area contributed by atoms with E-state index in [0.29, 0.717) is 12.0 Å². The van der Waals surface area contributed by atoms with E-state index in [1.165, 1.54) is 12.0 Å². The summed E-state index contributed by atoms with van der Waals surface area (Å²) in [4.78, 5) is 34.1. The molecule has 0 aromatic rings. The standard InChI is InChI=1S/C31H54N4O.C2H6.2CH2O/c1-10-14-16-29(32)30(21-26(13-4)15-11-2)33-31(36)27(19-24(6)34(8)17-12-3)20-25(7)35(9)22-28-18-23(28)5;3*1-2/h11,13,15,19-20,23,28-30H,7,10,12,14,16-18,21-22,32H2,1-6,8-9H3,(H,33,36);1-2H3;2*1H2/b15-11-,24-19+,26-13+,27-20+;;;/t23?,28?,29?,30-;;;/m0.../s1. The molecule has 3 N–H and O–H groups in total. The molecule has 3 unspecified atom stereocenters. The first-order chi connectivity index (χ1) is 20.1. The quantitative estimate of drug-likeness (QED) is 0.143. The topological polar surface area (TPSA) is 95.7 Å². The SMILES string of the molecule is C=C(/C=C(\C=C(/C)N(C)CCC)C(=O)N[C@@H](CC(/C=C\C)=C/C)C(N)CCCC)N(C)CC1CC1C.C=O.C=O.CC. The lowest BCUT2D eigenvalue weighted by atomic mass is 9.95. The zero-order chi connectivity index (χ0) is 33.3. The fourth-order valence-corrected chi connectivity index (χ4v) is 4.38. The Morgan fingerprint density at radius 2 is 1.62 bits per heavy atom. The van der Waals surface area contributed by atoms with Crippen LogP contribution in [-0.4, -0.2) is 68.6 Å². The monoisotopic (exact) mass is 588 g/mol. The highest BCUT2D eigenvalue weighted by Gasteiger charge is 2.33. The molecule has 1 amide bonds. The Bertz CT molecular complexity index is 860. The van der Waals surface area contributed by atoms with E-state index in [9.17, 15) is 4.79 Å². The van der Waals surface area contributed by atoms with Crippen molar-refractivity contribution in [2.24, 2.45) is 17.6 Å². The van der Waals surface area contributed by atoms with Crippen LogP contribution in [0.5, 0.6) is 0 Å². The third kappa shape index (κ3) is 18.5. The smallest absolute Gasteiger partial charge is 0.251 e. The summed E-state index contributed by atoms with van der Waals surface area (Å²) in [7, 11) is 4.14. The molecule has 0 radical (unpaired) electrons. The molecule has 0 heterocycles. The van der Waals surface area contributed by atoms with Crippen molar-refractivity contribution < 1.29 is 14.4 Å². The number of amides is 1. The van der Waals surface area contributed by atoms with Gasteiger partial charge in [0.15, 0.2) is 0 Å². The van der Waals surface area contributed by atoms with Gasteiger partial charge in [-0.05, 0) is 70.4 Å². The van der Waals surface area contributed by atoms with Gasteiger partial charge in [-0.15, -0.1) is 0 Å². The third-order valence-electron chi connectivity index (χ3n) is 7.32. The van der Waals surface area contributed by atoms with Crippen LogP contribution in [0.25, 0.3) is 0 Å². The third-order valence-corrected chi connectivity index (χ3v) is 7.32. The summed E-state index contributed by atoms with van der Waals surface area (Å²) in [5.41, 5.74) is 10.3. The number of nitrogens with one attached hydrogen (secondary N) is 1. The van der Waals surface area contributed by atoms with Crippen LogP contribution < -0.4 is 11.1 Å². The molecule has 4 atom stereocenters. The Kier molecular flexibility index (Phi) is 27.9. The Morgan fingerprint density at radius 1 is 1.05 bits per heavy atom. The van der Waals surface area contributed by atoms with Crippen molar-refractivity contribution >= 4 is 19.5 Å². The number of rotatable bonds is 17. The van der Waals surface area contributed by atoms with E-state index in [2.05, 4.69) is 75.6 Å². The fraction of sp³-hybridized carbons (Fsp3) is 0.629. The van der Waals surface area contributed by atoms with Crippen LogP contribution in [0.3, 0.4) is 0 Å². The van der Waals surface area contributed by atoms with Gasteiger partial charge >= 0.3 is 0 Å². The van der Waals surface area contributed by atoms with Crippen LogP contribution in [0.15, 0.2) is 59.5 Å². The largest absolute Gasteiger partial charge is 0.378 e. The number of unbranched alkanes of at least 4 members (excludes halogenated alkanes) is 1. The summed E-state index contributed by atoms with van der Waals surface area (Å²) in [5, 5.41) is 3.30. The van der Waals surface area contributed by atoms with Gasteiger partial charge in [-0.25, -0.2) is 0 Å². The van der Waals surface area contributed by atoms with Gasteiger partial charge in [0.05, 0.1) is 0 Å². The minimum Gasteiger partial charge on any atom is -0.378 e. The van der Waals surface area contributed by atoms with Crippen molar-refractivity contribution in [3.8, 4) is 0 Å². The van der Waals surface area contributed by atoms with Crippen molar-refractivity contribution in [2.75, 3.05) is 27.2 Å². The van der Waals surface area contributed by atoms with E-state index < -0.39 is 0 Å². The molecule has 1 aliphatic rings. The van der Waals surface area contributed by atoms with Gasteiger partial charge in [0.2, 0.25) is 0 Å². The summed E-state index contributed by atoms with van der Waals surface area (Å²) in [5.74, 6) is 1.40. The van der Waals surface area contributed by atoms with E-state index in [4.69, 9.17) is 15.3 Å². The second-order valence-electron chi connectivity index (χ2n) is 10.6. The Labute approximate surface area is 259 Å². The molecule has 1 rings (SSSR count). The van der Waals surface area contributed by atoms with Gasteiger partial charge < -0.3 is 30.4 Å². The summed E-state index contributed by atoms with van der Waals surface area (Å²) in [6.45, 7) is 26.9. The molecule has 0 spiro atoms. The Hall–Kier alpha value is -2.93. The number of allylic oxidation sites excluding steroid dienone is 5. The van der Waals surface area contributed by atoms with Gasteiger partial charge in [0.1, 0.15) is 13.6 Å². The van der Waals surface area contributed by atoms with Gasteiger partial charge in [0.25, 0.3) is 5.91 Å². The molecule has 1 saturated carbocycles. The van der Waals surface area contributed by atoms with Crippen molar-refractivity contribution in [1.82, 2.24) is 15.1 Å². The van der Waals surface area contributed by atoms with E-state index in [1.54, 1.807) is 0 Å². The zero-order valence-corrected chi connectivity index (χ0v) is 28.7. The molecule has 7 nitrogen and oxygen atoms in total. The molecule has 0 aromatic heterocycles. The number of likely N-dealkylation sites (N-methyl/N-ethyl adjacent to an activating group) is 1. The van der Waals surface area contributed by atoms with E-state index in [1.807, 2.05) is 59.5 Å². The fourth-order valence-electron chi connectivity index (χ4n) is 4.38. The maximum Gasteiger partial charge on any atom is 0.251 e. The zero-order valence-electron chi connectivity index (χ0n) is 28.7. The first kappa shape index (κ1) is 43.5. The highest BCUT2D eigenvalue weighted by molar-refractivity contribution is 5.97. The van der Waals surface area contributed by atoms with Crippen molar-refractivity contribution in [2.45, 2.75) is 106 Å². The predicted molar refractivity (Wildman–Crippen MR) is 182 cm³/mol. The number of hydrogen-bond donors (Lipinski definition) is 2. The molecule has 7 heteroatoms. The molecule has 1 fully saturated rings. The molecule has 242 valence electrons. The number of nitrogens with two attached hydrogens (primary N) is 1. The van der Waals surface area contributed by atoms with Crippen molar-refractivity contribution in [3.05, 3.63) is 59.5 Å². The van der Waals surface area contributed by atoms with Crippen LogP contribution in [0.2, 0.25) is 0 Å². The molecule has 0 aliphatic heterocycles. The average Bonchev–Trinajstić information content (AvgIpc) is 3.71. The van der Waals surface area contributed by atoms with Gasteiger partial charge in [-0.2, -0.15) is 0 Å². The van der Waals surface area contributed by atoms with Gasteiger partial charge in [-0.3, -0.25) is 4.79 Å². The number of carbonyl (C=O) groups excluding carboxylic acids is 3. The minimum atomic E-state index is -0.143. The molecule has 42 heavy (non-hydrogen) atoms. The average molecular weight is 589 g/mol. The van der Waals surface area contributed by atoms with E-state index in [0.717, 1.165) is 62.0 Å². The number of carbonyl (C=O) groups is 3. The van der Waals surface area contributed by atoms with Crippen molar-refractivity contribution in [3.63, 3.8) is 0 Å². The van der Waals surface area contributed by atoms with Crippen LogP contribution in [0.4, 0.5) is 0 Å². The lowest BCUT2D eigenvalue weighted by Gasteiger charge is -2.27. The van der Waals surface area contributed by atoms with Gasteiger partial charge in [0, 0.05) is 56.2 Å². The van der Waals surface area contributed by atoms with Gasteiger partial charge in [-0.1, -0.05) is 77.8 Å². The van der Waals surface area contributed by atoms with E-state index >= 15 is 0 Å². The maximum absolute atomic E-state index is 13.7. The minimum absolute atomic E-state index is 0.0959. The first-order valence-electron chi connectivity index (χ1n) is 15.5.